The number of carbonyl (C=O) groups is 3. The van der Waals surface area contributed by atoms with Crippen molar-refractivity contribution in [2.75, 3.05) is 78.7 Å². The Kier molecular flexibility index (Phi) is 47.4. The van der Waals surface area contributed by atoms with Crippen molar-refractivity contribution in [2.45, 2.75) is 406 Å². The van der Waals surface area contributed by atoms with Crippen LogP contribution in [0.15, 0.2) is 0 Å². The fourth-order valence-corrected chi connectivity index (χ4v) is 19.1. The number of ether oxygens (including phenoxy) is 18. The molecule has 2 unspecified atom stereocenters. The highest BCUT2D eigenvalue weighted by molar-refractivity contribution is 5.82. The highest BCUT2D eigenvalue weighted by atomic mass is 19.3. The second kappa shape index (κ2) is 55.9. The monoisotopic (exact) mass is 2170 g/mol. The quantitative estimate of drug-likeness (QED) is 0.0272. The second-order valence-corrected chi connectivity index (χ2v) is 38.6. The standard InChI is InChI=1S/C27H51F2N7O14.C27H52FN7O14.C27H53N7O15/c28-27(29,6-32)22(43)23(44)36-9-2-8(33)19(48-24-13(34)10(38)1-7(3-30)45-24)21(15(9)39)50-26-18(42)20(12(5-37)47-26)49-25-14(35)17(41)16(40)11(4-31)46-25;28-8(4-30)16(38)24(43)35-10-2-9(32)21(47-25-14(33)11(37)1-7(3-29)44-25)23(17(10)39)49-27-20(42)22(13(6-36)46-27)48-26-15(34)19(41)18(40)12(5-31)45-26;28-3-7-1-10(36)14(32)25(44-7)47-21-8(31)2-9(34-24(43)17(39)11(37)4-29)16(38)23(21)49-27-20(42)22(13(6-35)46-27)48-26-15(33)19(41)18(40)12(5-30)45-26/h7-22,24-26,37-43H,1-6,30-35H2,(H,36,44);7-23,25-27,36-42H,1-6,29-34H2,(H,35,43);7-23,25-27,35-42H,1-6,28-33H2,(H,34,43)/t7-,8-,9+,10-,11-,12+,13+,14+,15-,16+,17+,18+,19+,20+,21+,22?,24+,25+,26-;7-,8+,9-,10+,11-,12-,13+,14+,15+,16-,17-,18+,19+,20+,21+,22+,23+,25+,26+,27-;7-,8-,9+,10-,11+,12-,13+,14+,15+,16-,17?,18+,19+,20+,21+,22+,23+,25+,26+,27-/m000/s1. The molecule has 3 amide bonds. The Balaban J connectivity index is 0.000000227. The number of carbonyl (C=O) groups excluding carboxylic acids is 3. The van der Waals surface area contributed by atoms with E-state index in [2.05, 4.69) is 16.0 Å². The Morgan fingerprint density at radius 2 is 0.547 bits per heavy atom. The molecule has 0 aromatic carbocycles. The number of nitrogens with two attached hydrogens (primary N) is 18. The van der Waals surface area contributed by atoms with Gasteiger partial charge in [0.25, 0.3) is 23.6 Å². The number of alkyl halides is 3. The average molecular weight is 2170 g/mol. The van der Waals surface area contributed by atoms with Gasteiger partial charge in [0, 0.05) is 89.7 Å². The summed E-state index contributed by atoms with van der Waals surface area (Å²) < 4.78 is 147. The molecule has 148 heavy (non-hydrogen) atoms. The molecule has 64 nitrogen and oxygen atoms in total. The van der Waals surface area contributed by atoms with Crippen LogP contribution in [0.25, 0.3) is 0 Å². The fourth-order valence-electron chi connectivity index (χ4n) is 19.1. The van der Waals surface area contributed by atoms with Crippen LogP contribution in [0.2, 0.25) is 0 Å². The zero-order chi connectivity index (χ0) is 110. The Labute approximate surface area is 843 Å². The zero-order valence-electron chi connectivity index (χ0n) is 80.2. The lowest BCUT2D eigenvalue weighted by atomic mass is 9.83. The number of rotatable bonds is 39. The van der Waals surface area contributed by atoms with E-state index < -0.39 is 424 Å². The minimum Gasteiger partial charge on any atom is -0.394 e. The van der Waals surface area contributed by atoms with Crippen LogP contribution >= 0.6 is 0 Å². The summed E-state index contributed by atoms with van der Waals surface area (Å²) in [5.74, 6) is -7.87. The Morgan fingerprint density at radius 1 is 0.297 bits per heavy atom. The van der Waals surface area contributed by atoms with E-state index in [-0.39, 0.29) is 77.8 Å². The maximum absolute atomic E-state index is 14.0. The van der Waals surface area contributed by atoms with Crippen LogP contribution in [0.5, 0.6) is 0 Å². The second-order valence-electron chi connectivity index (χ2n) is 38.6. The lowest BCUT2D eigenvalue weighted by Gasteiger charge is -2.47. The number of aliphatic hydroxyl groups excluding tert-OH is 22. The van der Waals surface area contributed by atoms with Gasteiger partial charge in [0.1, 0.15) is 177 Å². The smallest absolute Gasteiger partial charge is 0.294 e. The summed E-state index contributed by atoms with van der Waals surface area (Å²) in [6, 6.07) is -14.5. The third-order valence-electron chi connectivity index (χ3n) is 28.2. The van der Waals surface area contributed by atoms with Gasteiger partial charge < -0.3 is 317 Å². The minimum absolute atomic E-state index is 0.0140. The van der Waals surface area contributed by atoms with Crippen molar-refractivity contribution in [3.8, 4) is 0 Å². The molecule has 9 heterocycles. The Hall–Kier alpha value is -4.12. The van der Waals surface area contributed by atoms with Crippen LogP contribution in [0.3, 0.4) is 0 Å². The minimum atomic E-state index is -4.01. The third-order valence-corrected chi connectivity index (χ3v) is 28.2. The van der Waals surface area contributed by atoms with Gasteiger partial charge >= 0.3 is 0 Å². The molecule has 0 bridgehead atoms. The maximum Gasteiger partial charge on any atom is 0.294 e. The molecule has 3 saturated carbocycles. The molecule has 3 aliphatic carbocycles. The normalized spacial score (nSPS) is 47.1. The lowest BCUT2D eigenvalue weighted by Crippen LogP contribution is -2.68. The molecule has 0 aromatic heterocycles. The summed E-state index contributed by atoms with van der Waals surface area (Å²) in [7, 11) is 0. The number of hydrogen-bond donors (Lipinski definition) is 43. The Bertz CT molecular complexity index is 3840. The van der Waals surface area contributed by atoms with Crippen molar-refractivity contribution >= 4 is 17.7 Å². The molecule has 0 spiro atoms. The average Bonchev–Trinajstić information content (AvgIpc) is 1.58. The summed E-state index contributed by atoms with van der Waals surface area (Å²) >= 11 is 0. The number of aliphatic hydroxyl groups is 22. The van der Waals surface area contributed by atoms with Crippen LogP contribution in [0, 0.1) is 0 Å². The fraction of sp³-hybridized carbons (Fsp3) is 0.963. The van der Waals surface area contributed by atoms with E-state index in [4.69, 9.17) is 188 Å². The summed E-state index contributed by atoms with van der Waals surface area (Å²) in [5, 5.41) is 238. The highest BCUT2D eigenvalue weighted by Crippen LogP contribution is 2.41. The SMILES string of the molecule is NC[C@@H]1C[C@H](O)[C@@H](N)[C@@H](O[C@H]2[C@H](O[C@@H]3O[C@H](CO)[C@@H](O[C@H]4O[C@@H](CN)[C@@H](O)[C@H](O)[C@H]4N)[C@H]3O)[C@@H](O)[C@H](NC(=O)C(O)C(F)(F)CN)C[C@@H]2N)O1.NC[C@@H]1C[C@H](O)[C@@H](N)[C@@H](O[C@H]2[C@H](O[C@@H]3O[C@H](CO)[C@@H](O[C@H]4O[C@@H](CN)[C@@H](O)[C@H](O)[C@H]4N)[C@H]3O)[C@@H](O)[C@H](NC(=O)C(O)[C@H](O)CN)C[C@@H]2N)O1.NC[C@@H]1C[C@H](O)[C@@H](N)[C@@H](O[C@H]2[C@H](O[C@@H]3O[C@H](CO)[C@@H](O[C@H]4O[C@@H](CN)[C@@H](O)[C@H](O)[C@H]4N)[C@H]3O)[C@@H](O)[C@H](NC(=O)[C@@H](O)[C@H](F)CN)C[C@@H]2N)O1. The Morgan fingerprint density at radius 3 is 0.797 bits per heavy atom. The summed E-state index contributed by atoms with van der Waals surface area (Å²) in [6.07, 6.45) is -69.4. The van der Waals surface area contributed by atoms with Gasteiger partial charge in [-0.25, -0.2) is 13.2 Å². The van der Waals surface area contributed by atoms with Crippen LogP contribution in [-0.4, -0.2) is 576 Å². The van der Waals surface area contributed by atoms with Crippen LogP contribution < -0.4 is 119 Å². The molecule has 12 rings (SSSR count). The van der Waals surface area contributed by atoms with Crippen LogP contribution in [0.4, 0.5) is 13.2 Å². The predicted molar refractivity (Wildman–Crippen MR) is 484 cm³/mol. The van der Waals surface area contributed by atoms with Crippen molar-refractivity contribution in [3.63, 3.8) is 0 Å². The summed E-state index contributed by atoms with van der Waals surface area (Å²) in [4.78, 5) is 37.9. The molecule has 0 radical (unpaired) electrons. The first-order chi connectivity index (χ1) is 69.8. The topological polar surface area (TPSA) is 1170 Å². The molecule has 9 saturated heterocycles. The first-order valence-electron chi connectivity index (χ1n) is 48.4. The van der Waals surface area contributed by atoms with E-state index in [9.17, 15) is 140 Å². The summed E-state index contributed by atoms with van der Waals surface area (Å²) in [6.45, 7) is -5.30. The van der Waals surface area contributed by atoms with E-state index in [1.807, 2.05) is 0 Å². The molecule has 12 aliphatic rings. The molecule has 9 aliphatic heterocycles. The van der Waals surface area contributed by atoms with Crippen molar-refractivity contribution in [1.29, 1.82) is 0 Å². The van der Waals surface area contributed by atoms with Gasteiger partial charge in [-0.2, -0.15) is 0 Å². The molecule has 0 aromatic rings. The third kappa shape index (κ3) is 29.1. The number of amides is 3. The van der Waals surface area contributed by atoms with Crippen molar-refractivity contribution in [2.24, 2.45) is 103 Å². The number of nitrogens with one attached hydrogen (secondary N) is 3. The van der Waals surface area contributed by atoms with E-state index in [1.54, 1.807) is 0 Å². The van der Waals surface area contributed by atoms with E-state index in [0.29, 0.717) is 0 Å². The first-order valence-corrected chi connectivity index (χ1v) is 48.4. The molecule has 12 fully saturated rings. The molecule has 61 N–H and O–H groups in total. The van der Waals surface area contributed by atoms with Gasteiger partial charge in [-0.3, -0.25) is 14.4 Å². The van der Waals surface area contributed by atoms with Gasteiger partial charge in [0.15, 0.2) is 74.9 Å². The molecule has 59 atom stereocenters. The van der Waals surface area contributed by atoms with Crippen LogP contribution in [-0.2, 0) is 99.6 Å². The van der Waals surface area contributed by atoms with Gasteiger partial charge in [-0.1, -0.05) is 0 Å². The van der Waals surface area contributed by atoms with Crippen LogP contribution in [0.1, 0.15) is 38.5 Å². The summed E-state index contributed by atoms with van der Waals surface area (Å²) in [5.41, 5.74) is 105. The van der Waals surface area contributed by atoms with Gasteiger partial charge in [-0.15, -0.1) is 0 Å². The van der Waals surface area contributed by atoms with Gasteiger partial charge in [0.2, 0.25) is 0 Å². The zero-order valence-corrected chi connectivity index (χ0v) is 80.2. The highest BCUT2D eigenvalue weighted by Gasteiger charge is 2.62. The number of hydrogen-bond acceptors (Lipinski definition) is 61. The van der Waals surface area contributed by atoms with Crippen molar-refractivity contribution in [1.82, 2.24) is 16.0 Å². The van der Waals surface area contributed by atoms with E-state index in [1.165, 1.54) is 0 Å². The largest absolute Gasteiger partial charge is 0.394 e. The molecular weight excluding hydrogens is 2010 g/mol. The maximum atomic E-state index is 14.0. The van der Waals surface area contributed by atoms with E-state index in [0.717, 1.165) is 0 Å². The first kappa shape index (κ1) is 126. The lowest BCUT2D eigenvalue weighted by molar-refractivity contribution is -0.295. The molecule has 864 valence electrons. The number of halogens is 3. The van der Waals surface area contributed by atoms with Gasteiger partial charge in [0.05, 0.1) is 117 Å². The molecular formula is C81H156F3N21O43. The molecule has 67 heteroatoms. The van der Waals surface area contributed by atoms with Crippen molar-refractivity contribution in [3.05, 3.63) is 0 Å². The van der Waals surface area contributed by atoms with Crippen molar-refractivity contribution < 1.29 is 225 Å². The van der Waals surface area contributed by atoms with Gasteiger partial charge in [-0.05, 0) is 19.3 Å². The van der Waals surface area contributed by atoms with E-state index >= 15 is 0 Å². The predicted octanol–water partition coefficient (Wildman–Crippen LogP) is -27.8.